The lowest BCUT2D eigenvalue weighted by Gasteiger charge is -1.83. The van der Waals surface area contributed by atoms with E-state index < -0.39 is 0 Å². The molecule has 1 aromatic heterocycles. The van der Waals surface area contributed by atoms with Crippen molar-refractivity contribution in [2.45, 2.75) is 13.3 Å². The van der Waals surface area contributed by atoms with Crippen molar-refractivity contribution in [1.29, 1.82) is 0 Å². The quantitative estimate of drug-likeness (QED) is 0.562. The van der Waals surface area contributed by atoms with Gasteiger partial charge < -0.3 is 4.52 Å². The first-order chi connectivity index (χ1) is 5.29. The second kappa shape index (κ2) is 3.46. The van der Waals surface area contributed by atoms with E-state index in [1.807, 2.05) is 6.92 Å². The number of hydrogen-bond acceptors (Lipinski definition) is 4. The zero-order valence-corrected chi connectivity index (χ0v) is 7.38. The SMILES string of the molecule is CCc1onc(N=C=O)c1Br. The van der Waals surface area contributed by atoms with Crippen molar-refractivity contribution in [3.05, 3.63) is 10.2 Å². The van der Waals surface area contributed by atoms with Gasteiger partial charge in [-0.3, -0.25) is 0 Å². The van der Waals surface area contributed by atoms with Gasteiger partial charge in [-0.2, -0.15) is 0 Å². The molecule has 0 radical (unpaired) electrons. The second-order valence-electron chi connectivity index (χ2n) is 1.80. The van der Waals surface area contributed by atoms with Crippen LogP contribution in [0.25, 0.3) is 0 Å². The molecule has 58 valence electrons. The molecule has 11 heavy (non-hydrogen) atoms. The van der Waals surface area contributed by atoms with E-state index >= 15 is 0 Å². The van der Waals surface area contributed by atoms with Crippen LogP contribution in [0.3, 0.4) is 0 Å². The minimum atomic E-state index is 0.247. The highest BCUT2D eigenvalue weighted by Gasteiger charge is 2.09. The highest BCUT2D eigenvalue weighted by atomic mass is 79.9. The number of carbonyl (C=O) groups excluding carboxylic acids is 1. The maximum Gasteiger partial charge on any atom is 0.242 e. The molecule has 4 nitrogen and oxygen atoms in total. The summed E-state index contributed by atoms with van der Waals surface area (Å²) in [6, 6.07) is 0. The van der Waals surface area contributed by atoms with Crippen molar-refractivity contribution in [3.8, 4) is 0 Å². The van der Waals surface area contributed by atoms with E-state index in [4.69, 9.17) is 4.52 Å². The Morgan fingerprint density at radius 2 is 2.55 bits per heavy atom. The number of aryl methyl sites for hydroxylation is 1. The van der Waals surface area contributed by atoms with Gasteiger partial charge in [0.2, 0.25) is 11.9 Å². The normalized spacial score (nSPS) is 9.27. The Balaban J connectivity index is 3.09. The van der Waals surface area contributed by atoms with Gasteiger partial charge in [0.15, 0.2) is 5.76 Å². The fourth-order valence-electron chi connectivity index (χ4n) is 0.636. The molecule has 0 unspecified atom stereocenters. The predicted molar refractivity (Wildman–Crippen MR) is 41.4 cm³/mol. The molecule has 1 aromatic rings. The molecule has 0 bridgehead atoms. The Bertz CT molecular complexity index is 302. The van der Waals surface area contributed by atoms with Gasteiger partial charge in [0.1, 0.15) is 4.47 Å². The van der Waals surface area contributed by atoms with Gasteiger partial charge in [-0.05, 0) is 15.9 Å². The van der Waals surface area contributed by atoms with E-state index in [0.29, 0.717) is 16.7 Å². The molecule has 0 fully saturated rings. The summed E-state index contributed by atoms with van der Waals surface area (Å²) in [7, 11) is 0. The molecule has 5 heteroatoms. The minimum Gasteiger partial charge on any atom is -0.358 e. The van der Waals surface area contributed by atoms with Crippen LogP contribution in [0.4, 0.5) is 5.82 Å². The van der Waals surface area contributed by atoms with Crippen LogP contribution >= 0.6 is 15.9 Å². The van der Waals surface area contributed by atoms with Gasteiger partial charge in [-0.1, -0.05) is 12.1 Å². The van der Waals surface area contributed by atoms with Crippen LogP contribution in [0, 0.1) is 0 Å². The topological polar surface area (TPSA) is 55.5 Å². The first kappa shape index (κ1) is 8.17. The summed E-state index contributed by atoms with van der Waals surface area (Å²) in [5.41, 5.74) is 0. The number of isocyanates is 1. The molecule has 1 rings (SSSR count). The third kappa shape index (κ3) is 1.56. The fraction of sp³-hybridized carbons (Fsp3) is 0.333. The first-order valence-electron chi connectivity index (χ1n) is 3.01. The lowest BCUT2D eigenvalue weighted by atomic mass is 10.4. The standard InChI is InChI=1S/C6H5BrN2O2/c1-2-4-5(7)6(8-3-10)9-11-4/h2H2,1H3. The zero-order valence-electron chi connectivity index (χ0n) is 5.80. The molecule has 0 saturated carbocycles. The van der Waals surface area contributed by atoms with Gasteiger partial charge in [-0.15, -0.1) is 4.99 Å². The maximum atomic E-state index is 9.83. The van der Waals surface area contributed by atoms with Crippen molar-refractivity contribution < 1.29 is 9.32 Å². The summed E-state index contributed by atoms with van der Waals surface area (Å²) < 4.78 is 5.46. The summed E-state index contributed by atoms with van der Waals surface area (Å²) in [4.78, 5) is 13.1. The number of halogens is 1. The van der Waals surface area contributed by atoms with Crippen LogP contribution in [-0.2, 0) is 11.2 Å². The molecular weight excluding hydrogens is 212 g/mol. The van der Waals surface area contributed by atoms with Gasteiger partial charge >= 0.3 is 0 Å². The van der Waals surface area contributed by atoms with Gasteiger partial charge in [0, 0.05) is 6.42 Å². The molecule has 0 atom stereocenters. The lowest BCUT2D eigenvalue weighted by molar-refractivity contribution is 0.387. The largest absolute Gasteiger partial charge is 0.358 e. The second-order valence-corrected chi connectivity index (χ2v) is 2.59. The number of nitrogens with zero attached hydrogens (tertiary/aromatic N) is 2. The summed E-state index contributed by atoms with van der Waals surface area (Å²) in [6.45, 7) is 1.92. The van der Waals surface area contributed by atoms with Crippen molar-refractivity contribution in [2.75, 3.05) is 0 Å². The summed E-state index contributed by atoms with van der Waals surface area (Å²) in [6.07, 6.45) is 2.10. The smallest absolute Gasteiger partial charge is 0.242 e. The van der Waals surface area contributed by atoms with E-state index in [9.17, 15) is 4.79 Å². The monoisotopic (exact) mass is 216 g/mol. The molecule has 0 aliphatic rings. The Morgan fingerprint density at radius 3 is 3.00 bits per heavy atom. The average Bonchev–Trinajstić information content (AvgIpc) is 2.34. The van der Waals surface area contributed by atoms with Gasteiger partial charge in [0.05, 0.1) is 0 Å². The molecule has 0 aliphatic heterocycles. The van der Waals surface area contributed by atoms with Gasteiger partial charge in [-0.25, -0.2) is 4.79 Å². The zero-order chi connectivity index (χ0) is 8.27. The van der Waals surface area contributed by atoms with Crippen molar-refractivity contribution in [2.24, 2.45) is 4.99 Å². The van der Waals surface area contributed by atoms with Gasteiger partial charge in [0.25, 0.3) is 0 Å². The molecule has 1 heterocycles. The summed E-state index contributed by atoms with van der Waals surface area (Å²) in [5, 5.41) is 3.53. The van der Waals surface area contributed by atoms with Crippen LogP contribution in [0.5, 0.6) is 0 Å². The third-order valence-electron chi connectivity index (χ3n) is 1.16. The third-order valence-corrected chi connectivity index (χ3v) is 1.95. The first-order valence-corrected chi connectivity index (χ1v) is 3.80. The predicted octanol–water partition coefficient (Wildman–Crippen LogP) is 1.97. The summed E-state index contributed by atoms with van der Waals surface area (Å²) in [5.74, 6) is 0.927. The Morgan fingerprint density at radius 1 is 1.82 bits per heavy atom. The van der Waals surface area contributed by atoms with E-state index in [1.54, 1.807) is 0 Å². The van der Waals surface area contributed by atoms with Crippen molar-refractivity contribution in [3.63, 3.8) is 0 Å². The van der Waals surface area contributed by atoms with Crippen LogP contribution in [-0.4, -0.2) is 11.2 Å². The number of aromatic nitrogens is 1. The van der Waals surface area contributed by atoms with E-state index in [0.717, 1.165) is 0 Å². The lowest BCUT2D eigenvalue weighted by Crippen LogP contribution is -1.72. The van der Waals surface area contributed by atoms with E-state index in [-0.39, 0.29) is 5.82 Å². The highest BCUT2D eigenvalue weighted by molar-refractivity contribution is 9.10. The van der Waals surface area contributed by atoms with Crippen LogP contribution in [0.15, 0.2) is 14.0 Å². The van der Waals surface area contributed by atoms with Crippen molar-refractivity contribution in [1.82, 2.24) is 5.16 Å². The van der Waals surface area contributed by atoms with E-state index in [1.165, 1.54) is 6.08 Å². The maximum absolute atomic E-state index is 9.83. The number of rotatable bonds is 2. The highest BCUT2D eigenvalue weighted by Crippen LogP contribution is 2.27. The Kier molecular flexibility index (Phi) is 2.57. The molecular formula is C6H5BrN2O2. The average molecular weight is 217 g/mol. The van der Waals surface area contributed by atoms with Crippen LogP contribution in [0.2, 0.25) is 0 Å². The molecule has 0 N–H and O–H groups in total. The van der Waals surface area contributed by atoms with E-state index in [2.05, 4.69) is 26.1 Å². The molecule has 0 spiro atoms. The number of hydrogen-bond donors (Lipinski definition) is 0. The minimum absolute atomic E-state index is 0.247. The van der Waals surface area contributed by atoms with Crippen molar-refractivity contribution >= 4 is 27.8 Å². The fourth-order valence-corrected chi connectivity index (χ4v) is 1.15. The molecule has 0 amide bonds. The molecule has 0 aromatic carbocycles. The van der Waals surface area contributed by atoms with Crippen LogP contribution < -0.4 is 0 Å². The molecule has 0 saturated heterocycles. The van der Waals surface area contributed by atoms with Crippen LogP contribution in [0.1, 0.15) is 12.7 Å². The Labute approximate surface area is 71.4 Å². The molecule has 0 aliphatic carbocycles. The summed E-state index contributed by atoms with van der Waals surface area (Å²) >= 11 is 3.18. The number of aliphatic imine (C=N–C) groups is 1. The Hall–Kier alpha value is -0.930.